The molecule has 0 heterocycles. The second kappa shape index (κ2) is 13.9. The molecule has 1 aromatic carbocycles. The lowest BCUT2D eigenvalue weighted by atomic mass is 9.95. The summed E-state index contributed by atoms with van der Waals surface area (Å²) in [6.45, 7) is 1.47. The molecule has 1 aromatic rings. The van der Waals surface area contributed by atoms with E-state index in [4.69, 9.17) is 5.11 Å². The van der Waals surface area contributed by atoms with Crippen molar-refractivity contribution in [1.29, 1.82) is 0 Å². The van der Waals surface area contributed by atoms with E-state index < -0.39 is 60.1 Å². The number of aliphatic carboxylic acids is 1. The van der Waals surface area contributed by atoms with Crippen LogP contribution in [0.25, 0.3) is 0 Å². The first-order valence-electron chi connectivity index (χ1n) is 11.5. The van der Waals surface area contributed by atoms with Gasteiger partial charge in [-0.15, -0.1) is 0 Å². The van der Waals surface area contributed by atoms with Crippen LogP contribution >= 0.6 is 0 Å². The number of benzene rings is 1. The van der Waals surface area contributed by atoms with Gasteiger partial charge in [0.25, 0.3) is 0 Å². The van der Waals surface area contributed by atoms with Crippen molar-refractivity contribution in [3.05, 3.63) is 46.9 Å². The highest BCUT2D eigenvalue weighted by molar-refractivity contribution is 7.93. The van der Waals surface area contributed by atoms with Gasteiger partial charge in [-0.25, -0.2) is 0 Å². The van der Waals surface area contributed by atoms with Crippen LogP contribution in [0, 0.1) is 5.92 Å². The van der Waals surface area contributed by atoms with Crippen molar-refractivity contribution in [2.45, 2.75) is 50.7 Å². The Hall–Kier alpha value is -2.89. The number of rotatable bonds is 13. The van der Waals surface area contributed by atoms with Gasteiger partial charge in [0, 0.05) is 0 Å². The Morgan fingerprint density at radius 1 is 1.14 bits per heavy atom. The zero-order valence-corrected chi connectivity index (χ0v) is 21.0. The third-order valence-electron chi connectivity index (χ3n) is 5.87. The zero-order valence-electron chi connectivity index (χ0n) is 20.2. The first kappa shape index (κ1) is 28.3. The average molecular weight is 507 g/mol. The van der Waals surface area contributed by atoms with Crippen molar-refractivity contribution in [3.8, 4) is 0 Å². The molecule has 35 heavy (non-hydrogen) atoms. The lowest BCUT2D eigenvalue weighted by Gasteiger charge is -2.26. The number of amides is 3. The smallest absolute Gasteiger partial charge is 0.305 e. The Morgan fingerprint density at radius 2 is 1.77 bits per heavy atom. The highest BCUT2D eigenvalue weighted by atomic mass is 32.2. The van der Waals surface area contributed by atoms with Crippen molar-refractivity contribution in [2.24, 2.45) is 5.92 Å². The molecule has 3 amide bonds. The number of nitrogens with one attached hydrogen (secondary N) is 4. The number of carboxylic acids is 1. The monoisotopic (exact) mass is 506 g/mol. The largest absolute Gasteiger partial charge is 0.612 e. The molecule has 0 fully saturated rings. The van der Waals surface area contributed by atoms with Crippen LogP contribution in [0.4, 0.5) is 0 Å². The maximum absolute atomic E-state index is 13.1. The minimum Gasteiger partial charge on any atom is -0.612 e. The zero-order chi connectivity index (χ0) is 26.0. The minimum absolute atomic E-state index is 0.170. The fourth-order valence-electron chi connectivity index (χ4n) is 4.10. The summed E-state index contributed by atoms with van der Waals surface area (Å²) in [6.07, 6.45) is 4.17. The number of carbonyl (C=O) groups is 4. The van der Waals surface area contributed by atoms with Crippen LogP contribution in [-0.4, -0.2) is 71.3 Å². The predicted octanol–water partition coefficient (Wildman–Crippen LogP) is -0.148. The maximum Gasteiger partial charge on any atom is 0.305 e. The number of fused-ring (bicyclic) bond motifs is 1. The molecule has 4 atom stereocenters. The first-order valence-corrected chi connectivity index (χ1v) is 13.1. The third-order valence-corrected chi connectivity index (χ3v) is 6.41. The van der Waals surface area contributed by atoms with Gasteiger partial charge in [-0.3, -0.25) is 19.2 Å². The molecule has 1 aliphatic carbocycles. The van der Waals surface area contributed by atoms with Crippen molar-refractivity contribution in [2.75, 3.05) is 19.8 Å². The van der Waals surface area contributed by atoms with Gasteiger partial charge in [0.05, 0.1) is 31.3 Å². The van der Waals surface area contributed by atoms with Crippen LogP contribution in [0.3, 0.4) is 0 Å². The molecule has 0 saturated heterocycles. The predicted molar refractivity (Wildman–Crippen MR) is 133 cm³/mol. The number of hydrogen-bond acceptors (Lipinski definition) is 6. The van der Waals surface area contributed by atoms with E-state index in [0.717, 1.165) is 11.1 Å². The summed E-state index contributed by atoms with van der Waals surface area (Å²) in [5.41, 5.74) is 2.25. The number of carboxylic acid groups (broad SMARTS) is 1. The summed E-state index contributed by atoms with van der Waals surface area (Å²) < 4.78 is 11.3. The quantitative estimate of drug-likeness (QED) is 0.233. The summed E-state index contributed by atoms with van der Waals surface area (Å²) in [6, 6.07) is 5.70. The van der Waals surface area contributed by atoms with Crippen LogP contribution < -0.4 is 21.3 Å². The molecular formula is C24H34N4O6S. The van der Waals surface area contributed by atoms with Gasteiger partial charge < -0.3 is 30.9 Å². The molecule has 10 nitrogen and oxygen atoms in total. The number of carbonyl (C=O) groups excluding carboxylic acids is 3. The van der Waals surface area contributed by atoms with E-state index in [-0.39, 0.29) is 11.8 Å². The lowest BCUT2D eigenvalue weighted by Crippen LogP contribution is -2.56. The molecule has 0 aliphatic heterocycles. The van der Waals surface area contributed by atoms with Crippen LogP contribution in [-0.2, 0) is 43.2 Å². The van der Waals surface area contributed by atoms with Gasteiger partial charge >= 0.3 is 5.97 Å². The van der Waals surface area contributed by atoms with Gasteiger partial charge in [0.1, 0.15) is 11.4 Å². The second-order valence-electron chi connectivity index (χ2n) is 8.49. The molecule has 5 N–H and O–H groups in total. The molecule has 0 bridgehead atoms. The molecule has 2 rings (SSSR count). The fourth-order valence-corrected chi connectivity index (χ4v) is 4.51. The summed E-state index contributed by atoms with van der Waals surface area (Å²) >= 11 is -1.30. The van der Waals surface area contributed by atoms with E-state index in [1.807, 2.05) is 31.2 Å². The Labute approximate surface area is 208 Å². The Morgan fingerprint density at radius 3 is 2.29 bits per heavy atom. The Balaban J connectivity index is 2.06. The van der Waals surface area contributed by atoms with E-state index in [1.165, 1.54) is 17.7 Å². The van der Waals surface area contributed by atoms with E-state index >= 15 is 0 Å². The van der Waals surface area contributed by atoms with Crippen molar-refractivity contribution in [1.82, 2.24) is 21.3 Å². The van der Waals surface area contributed by atoms with Crippen LogP contribution in [0.15, 0.2) is 35.7 Å². The van der Waals surface area contributed by atoms with E-state index in [0.29, 0.717) is 19.3 Å². The number of hydrogen-bond donors (Lipinski definition) is 5. The van der Waals surface area contributed by atoms with Crippen molar-refractivity contribution < 1.29 is 28.8 Å². The van der Waals surface area contributed by atoms with Crippen molar-refractivity contribution in [3.63, 3.8) is 0 Å². The summed E-state index contributed by atoms with van der Waals surface area (Å²) in [5.74, 6) is -2.69. The SMILES string of the molecule is CC[C@H](NC)C(=O)NC(C(=O)NCC(=O)NC(/C=C/[S+](C)[O-])CC(=O)O)C1Cc2ccccc2C1. The summed E-state index contributed by atoms with van der Waals surface area (Å²) in [7, 11) is 1.68. The van der Waals surface area contributed by atoms with Crippen LogP contribution in [0.5, 0.6) is 0 Å². The van der Waals surface area contributed by atoms with E-state index in [2.05, 4.69) is 21.3 Å². The molecule has 3 unspecified atom stereocenters. The van der Waals surface area contributed by atoms with Crippen LogP contribution in [0.1, 0.15) is 30.9 Å². The highest BCUT2D eigenvalue weighted by Crippen LogP contribution is 2.29. The van der Waals surface area contributed by atoms with Gasteiger partial charge in [-0.05, 0) is 60.6 Å². The van der Waals surface area contributed by atoms with Gasteiger partial charge in [0.15, 0.2) is 0 Å². The normalized spacial score (nSPS) is 16.7. The van der Waals surface area contributed by atoms with Crippen LogP contribution in [0.2, 0.25) is 0 Å². The van der Waals surface area contributed by atoms with E-state index in [9.17, 15) is 23.7 Å². The third kappa shape index (κ3) is 9.00. The maximum atomic E-state index is 13.1. The fraction of sp³-hybridized carbons (Fsp3) is 0.500. The number of likely N-dealkylation sites (N-methyl/N-ethyl adjacent to an activating group) is 1. The molecule has 0 spiro atoms. The van der Waals surface area contributed by atoms with Gasteiger partial charge in [-0.2, -0.15) is 0 Å². The van der Waals surface area contributed by atoms with E-state index in [1.54, 1.807) is 7.05 Å². The minimum atomic E-state index is -1.30. The Kier molecular flexibility index (Phi) is 11.2. The summed E-state index contributed by atoms with van der Waals surface area (Å²) in [5, 5.41) is 21.2. The topological polar surface area (TPSA) is 160 Å². The highest BCUT2D eigenvalue weighted by Gasteiger charge is 2.35. The molecule has 0 saturated carbocycles. The molecule has 0 aromatic heterocycles. The van der Waals surface area contributed by atoms with Gasteiger partial charge in [0.2, 0.25) is 17.7 Å². The summed E-state index contributed by atoms with van der Waals surface area (Å²) in [4.78, 5) is 49.3. The second-order valence-corrected chi connectivity index (χ2v) is 9.76. The Bertz CT molecular complexity index is 909. The molecule has 0 radical (unpaired) electrons. The average Bonchev–Trinajstić information content (AvgIpc) is 3.23. The first-order chi connectivity index (χ1) is 16.6. The molecule has 11 heteroatoms. The molecule has 192 valence electrons. The molecule has 1 aliphatic rings. The standard InChI is InChI=1S/C24H34N4O6S/c1-4-19(25-2)23(32)28-22(17-11-15-7-5-6-8-16(15)12-17)24(33)26-14-20(29)27-18(13-21(30)31)9-10-35(3)34/h5-10,17-19,22,25H,4,11-14H2,1-3H3,(H,26,33)(H,27,29)(H,28,32)(H,30,31)/b10-9+/t18?,19-,22?,35?/m0/s1. The molecular weight excluding hydrogens is 472 g/mol. The van der Waals surface area contributed by atoms with Crippen molar-refractivity contribution >= 4 is 34.9 Å². The van der Waals surface area contributed by atoms with Gasteiger partial charge in [-0.1, -0.05) is 31.2 Å². The lowest BCUT2D eigenvalue weighted by molar-refractivity contribution is -0.137.